The second-order valence-corrected chi connectivity index (χ2v) is 6.91. The number of nitrogens with one attached hydrogen (secondary N) is 1. The number of oxazole rings is 1. The molecular weight excluding hydrogens is 383 g/mol. The van der Waals surface area contributed by atoms with Crippen molar-refractivity contribution in [1.82, 2.24) is 4.98 Å². The quantitative estimate of drug-likeness (QED) is 0.438. The van der Waals surface area contributed by atoms with Gasteiger partial charge in [-0.15, -0.1) is 0 Å². The SMILES string of the molecule is Cc1ccc2nc(-c3ccc(NC(=O)c4cccc(Cl)c4Cl)cc3)oc2c1. The van der Waals surface area contributed by atoms with Crippen molar-refractivity contribution < 1.29 is 9.21 Å². The van der Waals surface area contributed by atoms with Gasteiger partial charge in [0.25, 0.3) is 5.91 Å². The van der Waals surface area contributed by atoms with Gasteiger partial charge in [0, 0.05) is 11.3 Å². The van der Waals surface area contributed by atoms with Crippen molar-refractivity contribution in [2.75, 3.05) is 5.32 Å². The molecule has 0 aliphatic carbocycles. The molecule has 0 spiro atoms. The molecule has 1 aromatic heterocycles. The summed E-state index contributed by atoms with van der Waals surface area (Å²) in [5, 5.41) is 3.38. The van der Waals surface area contributed by atoms with Crippen LogP contribution in [-0.4, -0.2) is 10.9 Å². The summed E-state index contributed by atoms with van der Waals surface area (Å²) in [5.74, 6) is 0.207. The molecule has 1 heterocycles. The number of aromatic nitrogens is 1. The molecular formula is C21H14Cl2N2O2. The Balaban J connectivity index is 1.56. The zero-order chi connectivity index (χ0) is 19.0. The average Bonchev–Trinajstić information content (AvgIpc) is 3.07. The second kappa shape index (κ2) is 7.06. The van der Waals surface area contributed by atoms with E-state index in [-0.39, 0.29) is 10.9 Å². The second-order valence-electron chi connectivity index (χ2n) is 6.12. The number of hydrogen-bond acceptors (Lipinski definition) is 3. The number of hydrogen-bond donors (Lipinski definition) is 1. The molecule has 4 aromatic rings. The van der Waals surface area contributed by atoms with E-state index in [2.05, 4.69) is 10.3 Å². The highest BCUT2D eigenvalue weighted by Crippen LogP contribution is 2.28. The molecule has 0 fully saturated rings. The van der Waals surface area contributed by atoms with E-state index in [0.29, 0.717) is 22.2 Å². The summed E-state index contributed by atoms with van der Waals surface area (Å²) >= 11 is 12.1. The van der Waals surface area contributed by atoms with Crippen LogP contribution in [0.3, 0.4) is 0 Å². The number of benzene rings is 3. The molecule has 1 amide bonds. The first-order valence-corrected chi connectivity index (χ1v) is 9.00. The highest BCUT2D eigenvalue weighted by atomic mass is 35.5. The van der Waals surface area contributed by atoms with Gasteiger partial charge in [-0.2, -0.15) is 0 Å². The lowest BCUT2D eigenvalue weighted by molar-refractivity contribution is 0.102. The van der Waals surface area contributed by atoms with Gasteiger partial charge in [0.1, 0.15) is 5.52 Å². The molecule has 0 aliphatic rings. The Morgan fingerprint density at radius 1 is 1.04 bits per heavy atom. The molecule has 0 bridgehead atoms. The van der Waals surface area contributed by atoms with Gasteiger partial charge in [0.05, 0.1) is 15.6 Å². The van der Waals surface area contributed by atoms with Crippen molar-refractivity contribution in [1.29, 1.82) is 0 Å². The number of carbonyl (C=O) groups excluding carboxylic acids is 1. The molecule has 4 nitrogen and oxygen atoms in total. The van der Waals surface area contributed by atoms with Crippen molar-refractivity contribution in [3.05, 3.63) is 81.8 Å². The number of amides is 1. The molecule has 6 heteroatoms. The maximum Gasteiger partial charge on any atom is 0.257 e. The number of anilines is 1. The van der Waals surface area contributed by atoms with Crippen LogP contribution in [0.2, 0.25) is 10.0 Å². The molecule has 1 N–H and O–H groups in total. The van der Waals surface area contributed by atoms with Gasteiger partial charge in [-0.25, -0.2) is 4.98 Å². The largest absolute Gasteiger partial charge is 0.436 e. The first-order chi connectivity index (χ1) is 13.0. The Bertz CT molecular complexity index is 1150. The van der Waals surface area contributed by atoms with Crippen molar-refractivity contribution in [3.8, 4) is 11.5 Å². The molecule has 0 saturated carbocycles. The standard InChI is InChI=1S/C21H14Cl2N2O2/c1-12-5-10-17-18(11-12)27-21(25-17)13-6-8-14(9-7-13)24-20(26)15-3-2-4-16(22)19(15)23/h2-11H,1H3,(H,24,26). The van der Waals surface area contributed by atoms with E-state index in [1.54, 1.807) is 30.3 Å². The number of fused-ring (bicyclic) bond motifs is 1. The third-order valence-corrected chi connectivity index (χ3v) is 4.95. The maximum absolute atomic E-state index is 12.4. The van der Waals surface area contributed by atoms with Crippen LogP contribution in [0.15, 0.2) is 65.1 Å². The molecule has 0 radical (unpaired) electrons. The molecule has 0 saturated heterocycles. The fourth-order valence-electron chi connectivity index (χ4n) is 2.73. The fourth-order valence-corrected chi connectivity index (χ4v) is 3.12. The van der Waals surface area contributed by atoms with Gasteiger partial charge in [-0.05, 0) is 61.0 Å². The van der Waals surface area contributed by atoms with Gasteiger partial charge < -0.3 is 9.73 Å². The van der Waals surface area contributed by atoms with E-state index in [1.165, 1.54) is 0 Å². The van der Waals surface area contributed by atoms with Crippen LogP contribution in [0.1, 0.15) is 15.9 Å². The van der Waals surface area contributed by atoms with E-state index >= 15 is 0 Å². The van der Waals surface area contributed by atoms with Crippen molar-refractivity contribution in [2.24, 2.45) is 0 Å². The minimum atomic E-state index is -0.326. The monoisotopic (exact) mass is 396 g/mol. The van der Waals surface area contributed by atoms with Gasteiger partial charge in [0.2, 0.25) is 5.89 Å². The number of rotatable bonds is 3. The van der Waals surface area contributed by atoms with E-state index < -0.39 is 0 Å². The molecule has 0 atom stereocenters. The fraction of sp³-hybridized carbons (Fsp3) is 0.0476. The molecule has 134 valence electrons. The maximum atomic E-state index is 12.4. The molecule has 0 aliphatic heterocycles. The zero-order valence-electron chi connectivity index (χ0n) is 14.3. The minimum absolute atomic E-state index is 0.232. The Morgan fingerprint density at radius 2 is 1.81 bits per heavy atom. The Hall–Kier alpha value is -2.82. The lowest BCUT2D eigenvalue weighted by Crippen LogP contribution is -2.12. The molecule has 0 unspecified atom stereocenters. The van der Waals surface area contributed by atoms with Crippen molar-refractivity contribution in [3.63, 3.8) is 0 Å². The summed E-state index contributed by atoms with van der Waals surface area (Å²) in [4.78, 5) is 16.9. The van der Waals surface area contributed by atoms with E-state index in [4.69, 9.17) is 27.6 Å². The highest BCUT2D eigenvalue weighted by Gasteiger charge is 2.13. The summed E-state index contributed by atoms with van der Waals surface area (Å²) in [7, 11) is 0. The smallest absolute Gasteiger partial charge is 0.257 e. The predicted molar refractivity (Wildman–Crippen MR) is 109 cm³/mol. The third kappa shape index (κ3) is 3.54. The number of nitrogens with zero attached hydrogens (tertiary/aromatic N) is 1. The summed E-state index contributed by atoms with van der Waals surface area (Å²) < 4.78 is 5.82. The van der Waals surface area contributed by atoms with Gasteiger partial charge in [-0.3, -0.25) is 4.79 Å². The number of halogens is 2. The highest BCUT2D eigenvalue weighted by molar-refractivity contribution is 6.44. The molecule has 3 aromatic carbocycles. The summed E-state index contributed by atoms with van der Waals surface area (Å²) in [5.41, 5.74) is 4.45. The van der Waals surface area contributed by atoms with Crippen molar-refractivity contribution in [2.45, 2.75) is 6.92 Å². The first kappa shape index (κ1) is 17.6. The lowest BCUT2D eigenvalue weighted by Gasteiger charge is -2.08. The normalized spacial score (nSPS) is 10.9. The van der Waals surface area contributed by atoms with Crippen molar-refractivity contribution >= 4 is 45.9 Å². The Kier molecular flexibility index (Phi) is 4.60. The lowest BCUT2D eigenvalue weighted by atomic mass is 10.2. The van der Waals surface area contributed by atoms with Crippen LogP contribution in [-0.2, 0) is 0 Å². The topological polar surface area (TPSA) is 55.1 Å². The number of carbonyl (C=O) groups is 1. The van der Waals surface area contributed by atoms with Gasteiger partial charge >= 0.3 is 0 Å². The summed E-state index contributed by atoms with van der Waals surface area (Å²) in [6.07, 6.45) is 0. The molecule has 27 heavy (non-hydrogen) atoms. The zero-order valence-corrected chi connectivity index (χ0v) is 15.8. The van der Waals surface area contributed by atoms with Crippen LogP contribution in [0.25, 0.3) is 22.6 Å². The van der Waals surface area contributed by atoms with Crippen LogP contribution >= 0.6 is 23.2 Å². The van der Waals surface area contributed by atoms with E-state index in [0.717, 1.165) is 22.2 Å². The van der Waals surface area contributed by atoms with Crippen LogP contribution in [0.5, 0.6) is 0 Å². The first-order valence-electron chi connectivity index (χ1n) is 8.24. The summed E-state index contributed by atoms with van der Waals surface area (Å²) in [6.45, 7) is 2.01. The summed E-state index contributed by atoms with van der Waals surface area (Å²) in [6, 6.07) is 18.1. The Morgan fingerprint density at radius 3 is 2.59 bits per heavy atom. The average molecular weight is 397 g/mol. The van der Waals surface area contributed by atoms with Crippen LogP contribution < -0.4 is 5.32 Å². The third-order valence-electron chi connectivity index (χ3n) is 4.13. The minimum Gasteiger partial charge on any atom is -0.436 e. The number of aryl methyl sites for hydroxylation is 1. The van der Waals surface area contributed by atoms with E-state index in [1.807, 2.05) is 37.3 Å². The van der Waals surface area contributed by atoms with Gasteiger partial charge in [-0.1, -0.05) is 35.3 Å². The van der Waals surface area contributed by atoms with E-state index in [9.17, 15) is 4.79 Å². The predicted octanol–water partition coefficient (Wildman–Crippen LogP) is 6.36. The van der Waals surface area contributed by atoms with Gasteiger partial charge in [0.15, 0.2) is 5.58 Å². The van der Waals surface area contributed by atoms with Crippen LogP contribution in [0, 0.1) is 6.92 Å². The van der Waals surface area contributed by atoms with Crippen LogP contribution in [0.4, 0.5) is 5.69 Å². The molecule has 4 rings (SSSR count). The Labute approximate surface area is 165 Å².